The Balaban J connectivity index is 1.48. The molecular formula is C30H37Br2N5O5. The number of hydrogen-bond donors (Lipinski definition) is 2. The third-order valence-corrected chi connectivity index (χ3v) is 8.88. The molecule has 42 heavy (non-hydrogen) atoms. The number of urea groups is 1. The number of nitrogens with zero attached hydrogens (tertiary/aromatic N) is 3. The predicted octanol–water partition coefficient (Wildman–Crippen LogP) is 5.68. The number of Topliss-reactive ketones (excluding diaryl/α,β-unsaturated/α-hetero) is 1. The SMILES string of the molecule is CN(C(=O)OC(C)(C)C)C(CC(=O)c1cc(Br)c(N)c(Br)c1)C(=O)N1CCC(N2CCc3ccccc3NC2=O)CC1. The van der Waals surface area contributed by atoms with E-state index in [1.54, 1.807) is 37.8 Å². The second kappa shape index (κ2) is 13.0. The van der Waals surface area contributed by atoms with Gasteiger partial charge in [-0.2, -0.15) is 0 Å². The van der Waals surface area contributed by atoms with Crippen LogP contribution < -0.4 is 11.1 Å². The predicted molar refractivity (Wildman–Crippen MR) is 168 cm³/mol. The van der Waals surface area contributed by atoms with Crippen molar-refractivity contribution >= 4 is 67.0 Å². The second-order valence-corrected chi connectivity index (χ2v) is 13.4. The van der Waals surface area contributed by atoms with E-state index < -0.39 is 17.7 Å². The maximum Gasteiger partial charge on any atom is 0.410 e. The average Bonchev–Trinajstić information content (AvgIpc) is 3.10. The summed E-state index contributed by atoms with van der Waals surface area (Å²) in [7, 11) is 1.48. The number of piperidine rings is 1. The fraction of sp³-hybridized carbons (Fsp3) is 0.467. The lowest BCUT2D eigenvalue weighted by molar-refractivity contribution is -0.137. The Hall–Kier alpha value is -3.12. The van der Waals surface area contributed by atoms with Crippen molar-refractivity contribution in [1.82, 2.24) is 14.7 Å². The number of nitrogen functional groups attached to an aromatic ring is 1. The number of fused-ring (bicyclic) bond motifs is 1. The molecule has 0 aromatic heterocycles. The second-order valence-electron chi connectivity index (χ2n) is 11.7. The molecule has 0 aliphatic carbocycles. The summed E-state index contributed by atoms with van der Waals surface area (Å²) < 4.78 is 6.62. The number of nitrogens with two attached hydrogens (primary N) is 1. The zero-order chi connectivity index (χ0) is 30.8. The van der Waals surface area contributed by atoms with Crippen LogP contribution in [-0.4, -0.2) is 82.9 Å². The number of nitrogens with one attached hydrogen (secondary N) is 1. The standard InChI is InChI=1S/C30H37Br2N5O5/c1-30(2,3)42-29(41)35(4)24(17-25(38)19-15-21(31)26(33)22(32)16-19)27(39)36-12-10-20(11-13-36)37-14-9-18-7-5-6-8-23(18)34-28(37)40/h5-8,15-16,20,24H,9-14,17,33H2,1-4H3,(H,34,40). The molecule has 12 heteroatoms. The molecule has 0 radical (unpaired) electrons. The van der Waals surface area contributed by atoms with E-state index in [0.717, 1.165) is 17.7 Å². The molecule has 2 aliphatic rings. The lowest BCUT2D eigenvalue weighted by Gasteiger charge is -2.40. The van der Waals surface area contributed by atoms with Crippen molar-refractivity contribution in [2.24, 2.45) is 0 Å². The normalized spacial score (nSPS) is 16.7. The summed E-state index contributed by atoms with van der Waals surface area (Å²) in [6.45, 7) is 6.61. The van der Waals surface area contributed by atoms with Gasteiger partial charge in [0.1, 0.15) is 11.6 Å². The highest BCUT2D eigenvalue weighted by Gasteiger charge is 2.38. The molecule has 3 N–H and O–H groups in total. The molecule has 4 amide bonds. The number of para-hydroxylation sites is 1. The van der Waals surface area contributed by atoms with Crippen LogP contribution in [0.25, 0.3) is 0 Å². The molecule has 2 aromatic rings. The number of halogens is 2. The number of ether oxygens (including phenoxy) is 1. The summed E-state index contributed by atoms with van der Waals surface area (Å²) in [5.41, 5.74) is 7.94. The number of rotatable bonds is 6. The van der Waals surface area contributed by atoms with E-state index in [9.17, 15) is 19.2 Å². The molecule has 2 aliphatic heterocycles. The molecule has 226 valence electrons. The van der Waals surface area contributed by atoms with Crippen LogP contribution in [0.15, 0.2) is 45.3 Å². The molecule has 4 rings (SSSR count). The number of likely N-dealkylation sites (N-methyl/N-ethyl adjacent to an activating group) is 1. The lowest BCUT2D eigenvalue weighted by atomic mass is 9.98. The first-order chi connectivity index (χ1) is 19.7. The smallest absolute Gasteiger partial charge is 0.410 e. The van der Waals surface area contributed by atoms with Gasteiger partial charge in [0.2, 0.25) is 5.91 Å². The van der Waals surface area contributed by atoms with Crippen LogP contribution in [0.1, 0.15) is 56.0 Å². The topological polar surface area (TPSA) is 125 Å². The summed E-state index contributed by atoms with van der Waals surface area (Å²) in [6.07, 6.45) is 0.998. The number of amides is 4. The molecule has 0 bridgehead atoms. The van der Waals surface area contributed by atoms with E-state index in [1.165, 1.54) is 11.9 Å². The van der Waals surface area contributed by atoms with Gasteiger partial charge in [0, 0.05) is 59.3 Å². The van der Waals surface area contributed by atoms with Gasteiger partial charge in [-0.05, 0) is 95.7 Å². The van der Waals surface area contributed by atoms with Crippen molar-refractivity contribution in [3.63, 3.8) is 0 Å². The van der Waals surface area contributed by atoms with Crippen molar-refractivity contribution in [3.8, 4) is 0 Å². The van der Waals surface area contributed by atoms with Crippen molar-refractivity contribution in [3.05, 3.63) is 56.5 Å². The highest BCUT2D eigenvalue weighted by atomic mass is 79.9. The fourth-order valence-corrected chi connectivity index (χ4v) is 6.42. The molecule has 2 aromatic carbocycles. The maximum absolute atomic E-state index is 13.9. The molecule has 1 unspecified atom stereocenters. The molecule has 1 atom stereocenters. The highest BCUT2D eigenvalue weighted by molar-refractivity contribution is 9.11. The molecule has 1 fully saturated rings. The van der Waals surface area contributed by atoms with Crippen molar-refractivity contribution in [1.29, 1.82) is 0 Å². The summed E-state index contributed by atoms with van der Waals surface area (Å²) in [5, 5.41) is 3.01. The van der Waals surface area contributed by atoms with E-state index in [2.05, 4.69) is 37.2 Å². The zero-order valence-electron chi connectivity index (χ0n) is 24.3. The first-order valence-corrected chi connectivity index (χ1v) is 15.5. The molecule has 0 spiro atoms. The van der Waals surface area contributed by atoms with Crippen LogP contribution in [0.2, 0.25) is 0 Å². The first kappa shape index (κ1) is 31.8. The Bertz CT molecular complexity index is 1350. The lowest BCUT2D eigenvalue weighted by Crippen LogP contribution is -2.55. The van der Waals surface area contributed by atoms with E-state index in [0.29, 0.717) is 52.7 Å². The van der Waals surface area contributed by atoms with Gasteiger partial charge in [-0.25, -0.2) is 9.59 Å². The van der Waals surface area contributed by atoms with Gasteiger partial charge < -0.3 is 25.6 Å². The Kier molecular flexibility index (Phi) is 9.87. The average molecular weight is 707 g/mol. The maximum atomic E-state index is 13.9. The van der Waals surface area contributed by atoms with Crippen LogP contribution in [0.4, 0.5) is 21.0 Å². The minimum absolute atomic E-state index is 0.0310. The quantitative estimate of drug-likeness (QED) is 0.294. The summed E-state index contributed by atoms with van der Waals surface area (Å²) >= 11 is 6.73. The first-order valence-electron chi connectivity index (χ1n) is 13.9. The number of ketones is 1. The largest absolute Gasteiger partial charge is 0.444 e. The highest BCUT2D eigenvalue weighted by Crippen LogP contribution is 2.31. The van der Waals surface area contributed by atoms with E-state index in [1.807, 2.05) is 29.2 Å². The fourth-order valence-electron chi connectivity index (χ4n) is 5.24. The number of benzene rings is 2. The van der Waals surface area contributed by atoms with Crippen LogP contribution >= 0.6 is 31.9 Å². The van der Waals surface area contributed by atoms with E-state index >= 15 is 0 Å². The molecular weight excluding hydrogens is 670 g/mol. The molecule has 10 nitrogen and oxygen atoms in total. The number of carbonyl (C=O) groups excluding carboxylic acids is 4. The Morgan fingerprint density at radius 1 is 1.10 bits per heavy atom. The number of anilines is 2. The molecule has 0 saturated carbocycles. The van der Waals surface area contributed by atoms with Gasteiger partial charge in [0.05, 0.1) is 5.69 Å². The Morgan fingerprint density at radius 3 is 2.33 bits per heavy atom. The van der Waals surface area contributed by atoms with Gasteiger partial charge in [0.15, 0.2) is 5.78 Å². The summed E-state index contributed by atoms with van der Waals surface area (Å²) in [6, 6.07) is 9.75. The third kappa shape index (κ3) is 7.44. The number of carbonyl (C=O) groups is 4. The van der Waals surface area contributed by atoms with E-state index in [4.69, 9.17) is 10.5 Å². The van der Waals surface area contributed by atoms with Crippen molar-refractivity contribution in [2.45, 2.75) is 64.1 Å². The monoisotopic (exact) mass is 705 g/mol. The van der Waals surface area contributed by atoms with Crippen LogP contribution in [0.3, 0.4) is 0 Å². The van der Waals surface area contributed by atoms with Gasteiger partial charge in [0.25, 0.3) is 0 Å². The molecule has 1 saturated heterocycles. The zero-order valence-corrected chi connectivity index (χ0v) is 27.5. The number of hydrogen-bond acceptors (Lipinski definition) is 6. The van der Waals surface area contributed by atoms with Crippen LogP contribution in [0, 0.1) is 0 Å². The minimum atomic E-state index is -1.07. The van der Waals surface area contributed by atoms with Crippen LogP contribution in [0.5, 0.6) is 0 Å². The molecule has 2 heterocycles. The van der Waals surface area contributed by atoms with Crippen LogP contribution in [-0.2, 0) is 16.0 Å². The Labute approximate surface area is 263 Å². The third-order valence-electron chi connectivity index (χ3n) is 7.57. The summed E-state index contributed by atoms with van der Waals surface area (Å²) in [4.78, 5) is 58.1. The van der Waals surface area contributed by atoms with Gasteiger partial charge in [-0.1, -0.05) is 18.2 Å². The summed E-state index contributed by atoms with van der Waals surface area (Å²) in [5.74, 6) is -0.655. The van der Waals surface area contributed by atoms with Gasteiger partial charge in [-0.15, -0.1) is 0 Å². The van der Waals surface area contributed by atoms with Crippen molar-refractivity contribution in [2.75, 3.05) is 37.7 Å². The van der Waals surface area contributed by atoms with Gasteiger partial charge in [-0.3, -0.25) is 14.5 Å². The minimum Gasteiger partial charge on any atom is -0.444 e. The van der Waals surface area contributed by atoms with Gasteiger partial charge >= 0.3 is 12.1 Å². The van der Waals surface area contributed by atoms with E-state index in [-0.39, 0.29) is 30.2 Å². The number of likely N-dealkylation sites (tertiary alicyclic amines) is 1. The van der Waals surface area contributed by atoms with Crippen molar-refractivity contribution < 1.29 is 23.9 Å². The Morgan fingerprint density at radius 2 is 1.71 bits per heavy atom.